The summed E-state index contributed by atoms with van der Waals surface area (Å²) in [5, 5.41) is 5.19. The zero-order valence-electron chi connectivity index (χ0n) is 8.19. The average Bonchev–Trinajstić information content (AvgIpc) is 2.04. The van der Waals surface area contributed by atoms with Crippen molar-refractivity contribution in [1.29, 1.82) is 0 Å². The Morgan fingerprint density at radius 3 is 2.27 bits per heavy atom. The van der Waals surface area contributed by atoms with Crippen LogP contribution < -0.4 is 16.4 Å². The number of nitrogens with two attached hydrogens (primary N) is 1. The Morgan fingerprint density at radius 1 is 1.27 bits per heavy atom. The van der Waals surface area contributed by atoms with Gasteiger partial charge in [-0.2, -0.15) is 0 Å². The summed E-state index contributed by atoms with van der Waals surface area (Å²) in [5.74, 6) is -0.339. The van der Waals surface area contributed by atoms with Crippen molar-refractivity contribution in [3.8, 4) is 0 Å². The molecule has 0 aromatic carbocycles. The Morgan fingerprint density at radius 2 is 1.80 bits per heavy atom. The van der Waals surface area contributed by atoms with E-state index in [-0.39, 0.29) is 37.3 Å². The van der Waals surface area contributed by atoms with Gasteiger partial charge < -0.3 is 11.1 Å². The van der Waals surface area contributed by atoms with Gasteiger partial charge in [-0.05, 0) is 0 Å². The number of nitrogens with zero attached hydrogens (tertiary/aromatic N) is 1. The molecule has 0 spiro atoms. The molecule has 6 nitrogen and oxygen atoms in total. The molecule has 0 unspecified atom stereocenters. The Bertz CT molecular complexity index is 209. The summed E-state index contributed by atoms with van der Waals surface area (Å²) in [5.41, 5.74) is 4.80. The summed E-state index contributed by atoms with van der Waals surface area (Å²) in [6.45, 7) is 3.65. The van der Waals surface area contributed by atoms with Crippen molar-refractivity contribution in [1.82, 2.24) is 15.5 Å². The molecule has 1 aliphatic heterocycles. The van der Waals surface area contributed by atoms with Gasteiger partial charge >= 0.3 is 6.03 Å². The fourth-order valence-electron chi connectivity index (χ4n) is 1.25. The number of nitrogens with one attached hydrogen (secondary N) is 2. The number of carbonyl (C=O) groups is 2. The molecule has 0 bridgehead atoms. The lowest BCUT2D eigenvalue weighted by Gasteiger charge is -2.26. The molecule has 3 amide bonds. The van der Waals surface area contributed by atoms with Crippen LogP contribution in [0.15, 0.2) is 0 Å². The van der Waals surface area contributed by atoms with Gasteiger partial charge in [-0.25, -0.2) is 4.79 Å². The molecule has 1 heterocycles. The number of hydrogen-bond acceptors (Lipinski definition) is 4. The summed E-state index contributed by atoms with van der Waals surface area (Å²) in [6, 6.07) is -0.792. The number of hydrogen-bond donors (Lipinski definition) is 3. The molecule has 4 N–H and O–H groups in total. The summed E-state index contributed by atoms with van der Waals surface area (Å²) in [7, 11) is 0. The van der Waals surface area contributed by atoms with Gasteiger partial charge in [0.1, 0.15) is 0 Å². The Balaban J connectivity index is 0. The summed E-state index contributed by atoms with van der Waals surface area (Å²) in [6.07, 6.45) is 0. The standard InChI is InChI=1S/C7H14N4O2.2ClH/c8-7(13)10-6(12)5-11-3-1-9-2-4-11;;/h9H,1-5H2,(H3,8,10,12,13);2*1H. The van der Waals surface area contributed by atoms with Crippen molar-refractivity contribution in [2.75, 3.05) is 32.7 Å². The van der Waals surface area contributed by atoms with E-state index in [0.717, 1.165) is 26.2 Å². The lowest BCUT2D eigenvalue weighted by atomic mass is 10.3. The van der Waals surface area contributed by atoms with Gasteiger partial charge in [0.15, 0.2) is 0 Å². The van der Waals surface area contributed by atoms with Gasteiger partial charge in [-0.15, -0.1) is 24.8 Å². The minimum absolute atomic E-state index is 0. The minimum atomic E-state index is -0.792. The van der Waals surface area contributed by atoms with Crippen LogP contribution in [0.4, 0.5) is 4.79 Å². The number of halogens is 2. The van der Waals surface area contributed by atoms with Crippen LogP contribution in [0.3, 0.4) is 0 Å². The first kappa shape index (κ1) is 16.9. The van der Waals surface area contributed by atoms with Crippen molar-refractivity contribution >= 4 is 36.8 Å². The molecule has 0 aliphatic carbocycles. The van der Waals surface area contributed by atoms with Crippen LogP contribution in [0.1, 0.15) is 0 Å². The molecule has 0 radical (unpaired) electrons. The first-order chi connectivity index (χ1) is 6.18. The number of rotatable bonds is 2. The lowest BCUT2D eigenvalue weighted by Crippen LogP contribution is -2.49. The molecular formula is C7H16Cl2N4O2. The second kappa shape index (κ2) is 8.72. The third kappa shape index (κ3) is 7.38. The molecule has 0 aromatic heterocycles. The van der Waals surface area contributed by atoms with Crippen LogP contribution in [-0.4, -0.2) is 49.6 Å². The van der Waals surface area contributed by atoms with Gasteiger partial charge in [0.2, 0.25) is 5.91 Å². The highest BCUT2D eigenvalue weighted by Crippen LogP contribution is 1.90. The highest BCUT2D eigenvalue weighted by molar-refractivity contribution is 5.94. The zero-order chi connectivity index (χ0) is 9.68. The summed E-state index contributed by atoms with van der Waals surface area (Å²) < 4.78 is 0. The van der Waals surface area contributed by atoms with Gasteiger partial charge in [0, 0.05) is 26.2 Å². The molecule has 0 aromatic rings. The first-order valence-electron chi connectivity index (χ1n) is 4.21. The van der Waals surface area contributed by atoms with Gasteiger partial charge in [0.05, 0.1) is 6.54 Å². The van der Waals surface area contributed by atoms with E-state index in [1.807, 2.05) is 10.2 Å². The molecule has 1 fully saturated rings. The second-order valence-corrected chi connectivity index (χ2v) is 2.94. The smallest absolute Gasteiger partial charge is 0.318 e. The molecule has 1 saturated heterocycles. The Hall–Kier alpha value is -0.560. The zero-order valence-corrected chi connectivity index (χ0v) is 9.83. The van der Waals surface area contributed by atoms with E-state index in [2.05, 4.69) is 5.32 Å². The van der Waals surface area contributed by atoms with Crippen molar-refractivity contribution in [2.24, 2.45) is 5.73 Å². The number of urea groups is 1. The third-order valence-electron chi connectivity index (χ3n) is 1.84. The first-order valence-corrected chi connectivity index (χ1v) is 4.21. The molecule has 1 rings (SSSR count). The molecule has 1 aliphatic rings. The number of piperazine rings is 1. The number of carbonyl (C=O) groups excluding carboxylic acids is 2. The van der Waals surface area contributed by atoms with Crippen molar-refractivity contribution in [3.63, 3.8) is 0 Å². The van der Waals surface area contributed by atoms with Crippen LogP contribution in [0.2, 0.25) is 0 Å². The maximum atomic E-state index is 11.0. The highest BCUT2D eigenvalue weighted by atomic mass is 35.5. The monoisotopic (exact) mass is 258 g/mol. The fourth-order valence-corrected chi connectivity index (χ4v) is 1.25. The third-order valence-corrected chi connectivity index (χ3v) is 1.84. The Labute approximate surface area is 101 Å². The summed E-state index contributed by atoms with van der Waals surface area (Å²) >= 11 is 0. The van der Waals surface area contributed by atoms with Crippen molar-refractivity contribution < 1.29 is 9.59 Å². The highest BCUT2D eigenvalue weighted by Gasteiger charge is 2.13. The van der Waals surface area contributed by atoms with Crippen LogP contribution in [0.25, 0.3) is 0 Å². The fraction of sp³-hybridized carbons (Fsp3) is 0.714. The number of amides is 3. The predicted molar refractivity (Wildman–Crippen MR) is 61.5 cm³/mol. The van der Waals surface area contributed by atoms with E-state index in [1.54, 1.807) is 0 Å². The second-order valence-electron chi connectivity index (χ2n) is 2.94. The van der Waals surface area contributed by atoms with Gasteiger partial charge in [-0.1, -0.05) is 0 Å². The van der Waals surface area contributed by atoms with E-state index in [1.165, 1.54) is 0 Å². The van der Waals surface area contributed by atoms with E-state index in [0.29, 0.717) is 0 Å². The topological polar surface area (TPSA) is 87.5 Å². The van der Waals surface area contributed by atoms with E-state index in [4.69, 9.17) is 5.73 Å². The van der Waals surface area contributed by atoms with E-state index < -0.39 is 6.03 Å². The van der Waals surface area contributed by atoms with Crippen LogP contribution in [0, 0.1) is 0 Å². The van der Waals surface area contributed by atoms with Crippen molar-refractivity contribution in [3.05, 3.63) is 0 Å². The SMILES string of the molecule is Cl.Cl.NC(=O)NC(=O)CN1CCNCC1. The molecule has 15 heavy (non-hydrogen) atoms. The maximum Gasteiger partial charge on any atom is 0.318 e. The quantitative estimate of drug-likeness (QED) is 0.589. The van der Waals surface area contributed by atoms with Crippen LogP contribution in [0.5, 0.6) is 0 Å². The molecule has 0 saturated carbocycles. The van der Waals surface area contributed by atoms with E-state index >= 15 is 0 Å². The lowest BCUT2D eigenvalue weighted by molar-refractivity contribution is -0.121. The molecule has 90 valence electrons. The number of imide groups is 1. The summed E-state index contributed by atoms with van der Waals surface area (Å²) in [4.78, 5) is 23.3. The average molecular weight is 259 g/mol. The van der Waals surface area contributed by atoms with Crippen LogP contribution in [-0.2, 0) is 4.79 Å². The molecular weight excluding hydrogens is 243 g/mol. The van der Waals surface area contributed by atoms with Crippen molar-refractivity contribution in [2.45, 2.75) is 0 Å². The molecule has 8 heteroatoms. The van der Waals surface area contributed by atoms with E-state index in [9.17, 15) is 9.59 Å². The minimum Gasteiger partial charge on any atom is -0.351 e. The largest absolute Gasteiger partial charge is 0.351 e. The maximum absolute atomic E-state index is 11.0. The van der Waals surface area contributed by atoms with Gasteiger partial charge in [-0.3, -0.25) is 15.0 Å². The van der Waals surface area contributed by atoms with Crippen LogP contribution >= 0.6 is 24.8 Å². The molecule has 0 atom stereocenters. The predicted octanol–water partition coefficient (Wildman–Crippen LogP) is -1.07. The number of primary amides is 1. The Kier molecular flexibility index (Phi) is 9.80. The van der Waals surface area contributed by atoms with Gasteiger partial charge in [0.25, 0.3) is 0 Å². The normalized spacial score (nSPS) is 15.7.